The average Bonchev–Trinajstić information content (AvgIpc) is 3.11. The summed E-state index contributed by atoms with van der Waals surface area (Å²) in [5, 5.41) is 14.0. The van der Waals surface area contributed by atoms with Gasteiger partial charge in [-0.1, -0.05) is 23.7 Å². The van der Waals surface area contributed by atoms with Crippen molar-refractivity contribution in [2.24, 2.45) is 0 Å². The van der Waals surface area contributed by atoms with Gasteiger partial charge in [0.25, 0.3) is 0 Å². The normalized spacial score (nSPS) is 16.3. The van der Waals surface area contributed by atoms with Gasteiger partial charge < -0.3 is 15.4 Å². The highest BCUT2D eigenvalue weighted by molar-refractivity contribution is 6.31. The molecule has 2 aromatic carbocycles. The van der Waals surface area contributed by atoms with Gasteiger partial charge in [-0.15, -0.1) is 0 Å². The van der Waals surface area contributed by atoms with E-state index in [1.165, 1.54) is 18.2 Å². The van der Waals surface area contributed by atoms with Gasteiger partial charge in [0.2, 0.25) is 5.91 Å². The van der Waals surface area contributed by atoms with E-state index in [2.05, 4.69) is 10.3 Å². The van der Waals surface area contributed by atoms with E-state index in [9.17, 15) is 19.1 Å². The molecule has 0 aliphatic carbocycles. The SMILES string of the molecule is O=C(CN1CCN(C(C(=O)O)c2c[nH]c3cc(Cl)ccc23)CC1)Nc1cccc(F)c1. The summed E-state index contributed by atoms with van der Waals surface area (Å²) >= 11 is 6.03. The third-order valence-electron chi connectivity index (χ3n) is 5.45. The highest BCUT2D eigenvalue weighted by Gasteiger charge is 2.32. The molecule has 1 fully saturated rings. The summed E-state index contributed by atoms with van der Waals surface area (Å²) in [5.41, 5.74) is 1.90. The van der Waals surface area contributed by atoms with E-state index in [4.69, 9.17) is 11.6 Å². The molecule has 0 bridgehead atoms. The molecule has 0 saturated carbocycles. The fraction of sp³-hybridized carbons (Fsp3) is 0.273. The number of aromatic amines is 1. The predicted molar refractivity (Wildman–Crippen MR) is 117 cm³/mol. The second kappa shape index (κ2) is 9.05. The van der Waals surface area contributed by atoms with Crippen molar-refractivity contribution in [3.63, 3.8) is 0 Å². The molecule has 3 aromatic rings. The zero-order valence-corrected chi connectivity index (χ0v) is 17.4. The lowest BCUT2D eigenvalue weighted by molar-refractivity contribution is -0.144. The minimum Gasteiger partial charge on any atom is -0.480 e. The minimum absolute atomic E-state index is 0.160. The summed E-state index contributed by atoms with van der Waals surface area (Å²) in [6.45, 7) is 2.27. The lowest BCUT2D eigenvalue weighted by Gasteiger charge is -2.37. The van der Waals surface area contributed by atoms with Gasteiger partial charge in [0.15, 0.2) is 0 Å². The lowest BCUT2D eigenvalue weighted by Crippen LogP contribution is -2.50. The Morgan fingerprint density at radius 2 is 1.94 bits per heavy atom. The van der Waals surface area contributed by atoms with Crippen molar-refractivity contribution in [3.05, 3.63) is 65.1 Å². The number of nitrogens with zero attached hydrogens (tertiary/aromatic N) is 2. The number of benzene rings is 2. The summed E-state index contributed by atoms with van der Waals surface area (Å²) < 4.78 is 13.3. The molecule has 1 aromatic heterocycles. The Labute approximate surface area is 183 Å². The Balaban J connectivity index is 1.39. The number of nitrogens with one attached hydrogen (secondary N) is 2. The quantitative estimate of drug-likeness (QED) is 0.542. The molecule has 7 nitrogen and oxygen atoms in total. The molecule has 3 N–H and O–H groups in total. The van der Waals surface area contributed by atoms with Crippen molar-refractivity contribution in [1.29, 1.82) is 0 Å². The number of carboxylic acids is 1. The topological polar surface area (TPSA) is 88.7 Å². The van der Waals surface area contributed by atoms with E-state index in [1.807, 2.05) is 15.9 Å². The molecule has 4 rings (SSSR count). The van der Waals surface area contributed by atoms with Crippen molar-refractivity contribution in [2.75, 3.05) is 38.0 Å². The van der Waals surface area contributed by atoms with Crippen LogP contribution in [0.15, 0.2) is 48.7 Å². The Morgan fingerprint density at radius 3 is 2.65 bits per heavy atom. The van der Waals surface area contributed by atoms with Gasteiger partial charge in [-0.05, 0) is 30.3 Å². The molecule has 1 unspecified atom stereocenters. The second-order valence-electron chi connectivity index (χ2n) is 7.55. The van der Waals surface area contributed by atoms with Gasteiger partial charge in [0.05, 0.1) is 6.54 Å². The summed E-state index contributed by atoms with van der Waals surface area (Å²) in [6.07, 6.45) is 1.72. The highest BCUT2D eigenvalue weighted by Crippen LogP contribution is 2.31. The van der Waals surface area contributed by atoms with Crippen LogP contribution >= 0.6 is 11.6 Å². The second-order valence-corrected chi connectivity index (χ2v) is 7.98. The van der Waals surface area contributed by atoms with Crippen LogP contribution in [-0.4, -0.2) is 64.5 Å². The van der Waals surface area contributed by atoms with Crippen molar-refractivity contribution in [3.8, 4) is 0 Å². The summed E-state index contributed by atoms with van der Waals surface area (Å²) in [7, 11) is 0. The number of rotatable bonds is 6. The van der Waals surface area contributed by atoms with E-state index in [0.29, 0.717) is 42.5 Å². The number of piperazine rings is 1. The fourth-order valence-corrected chi connectivity index (χ4v) is 4.15. The Morgan fingerprint density at radius 1 is 1.16 bits per heavy atom. The predicted octanol–water partition coefficient (Wildman–Crippen LogP) is 3.34. The number of H-pyrrole nitrogens is 1. The van der Waals surface area contributed by atoms with Gasteiger partial charge in [-0.25, -0.2) is 4.39 Å². The first kappa shape index (κ1) is 21.3. The van der Waals surface area contributed by atoms with Crippen LogP contribution in [0.3, 0.4) is 0 Å². The van der Waals surface area contributed by atoms with Crippen molar-refractivity contribution >= 4 is 40.1 Å². The van der Waals surface area contributed by atoms with Crippen molar-refractivity contribution in [1.82, 2.24) is 14.8 Å². The van der Waals surface area contributed by atoms with Crippen LogP contribution in [0.5, 0.6) is 0 Å². The first-order valence-electron chi connectivity index (χ1n) is 9.92. The van der Waals surface area contributed by atoms with E-state index in [1.54, 1.807) is 24.4 Å². The smallest absolute Gasteiger partial charge is 0.325 e. The number of aromatic nitrogens is 1. The highest BCUT2D eigenvalue weighted by atomic mass is 35.5. The Kier molecular flexibility index (Phi) is 6.22. The average molecular weight is 445 g/mol. The lowest BCUT2D eigenvalue weighted by atomic mass is 10.0. The molecule has 162 valence electrons. The Hall–Kier alpha value is -2.94. The van der Waals surface area contributed by atoms with Gasteiger partial charge >= 0.3 is 5.97 Å². The molecule has 9 heteroatoms. The molecule has 1 atom stereocenters. The number of carbonyl (C=O) groups excluding carboxylic acids is 1. The molecule has 2 heterocycles. The minimum atomic E-state index is -0.923. The van der Waals surface area contributed by atoms with E-state index in [-0.39, 0.29) is 12.5 Å². The molecule has 0 spiro atoms. The van der Waals surface area contributed by atoms with Crippen LogP contribution in [0.25, 0.3) is 10.9 Å². The van der Waals surface area contributed by atoms with Crippen molar-refractivity contribution < 1.29 is 19.1 Å². The number of amides is 1. The largest absolute Gasteiger partial charge is 0.480 e. The Bertz CT molecular complexity index is 1110. The van der Waals surface area contributed by atoms with Crippen molar-refractivity contribution in [2.45, 2.75) is 6.04 Å². The van der Waals surface area contributed by atoms with Crippen LogP contribution in [-0.2, 0) is 9.59 Å². The molecular formula is C22H22ClFN4O3. The molecule has 1 aliphatic rings. The zero-order valence-electron chi connectivity index (χ0n) is 16.6. The number of halogens is 2. The van der Waals surface area contributed by atoms with Gasteiger partial charge in [0.1, 0.15) is 11.9 Å². The third kappa shape index (κ3) is 4.87. The van der Waals surface area contributed by atoms with E-state index < -0.39 is 17.8 Å². The van der Waals surface area contributed by atoms with Gasteiger partial charge in [-0.2, -0.15) is 0 Å². The summed E-state index contributed by atoms with van der Waals surface area (Å²) in [4.78, 5) is 31.3. The number of hydrogen-bond donors (Lipinski definition) is 3. The molecule has 0 radical (unpaired) electrons. The zero-order chi connectivity index (χ0) is 22.0. The standard InChI is InChI=1S/C22H22ClFN4O3/c23-14-4-5-17-18(12-25-19(17)10-14)21(22(30)31)28-8-6-27(7-9-28)13-20(29)26-16-3-1-2-15(24)11-16/h1-5,10-12,21,25H,6-9,13H2,(H,26,29)(H,30,31). The van der Waals surface area contributed by atoms with Crippen LogP contribution < -0.4 is 5.32 Å². The van der Waals surface area contributed by atoms with E-state index >= 15 is 0 Å². The fourth-order valence-electron chi connectivity index (χ4n) is 3.98. The maximum absolute atomic E-state index is 13.3. The third-order valence-corrected chi connectivity index (χ3v) is 5.69. The van der Waals surface area contributed by atoms with Crippen LogP contribution in [0, 0.1) is 5.82 Å². The molecule has 31 heavy (non-hydrogen) atoms. The molecule has 1 amide bonds. The van der Waals surface area contributed by atoms with Crippen LogP contribution in [0.2, 0.25) is 5.02 Å². The van der Waals surface area contributed by atoms with Crippen LogP contribution in [0.4, 0.5) is 10.1 Å². The summed E-state index contributed by atoms with van der Waals surface area (Å²) in [5.74, 6) is -1.57. The number of aliphatic carboxylic acids is 1. The number of carboxylic acid groups (broad SMARTS) is 1. The first-order chi connectivity index (χ1) is 14.9. The molecule has 1 saturated heterocycles. The maximum atomic E-state index is 13.3. The summed E-state index contributed by atoms with van der Waals surface area (Å²) in [6, 6.07) is 10.3. The van der Waals surface area contributed by atoms with E-state index in [0.717, 1.165) is 10.9 Å². The van der Waals surface area contributed by atoms with Gasteiger partial charge in [0, 0.05) is 59.6 Å². The van der Waals surface area contributed by atoms with Crippen LogP contribution in [0.1, 0.15) is 11.6 Å². The number of fused-ring (bicyclic) bond motifs is 1. The van der Waals surface area contributed by atoms with Gasteiger partial charge in [-0.3, -0.25) is 19.4 Å². The molecule has 1 aliphatic heterocycles. The molecular weight excluding hydrogens is 423 g/mol. The first-order valence-corrected chi connectivity index (χ1v) is 10.3. The number of anilines is 1. The monoisotopic (exact) mass is 444 g/mol. The maximum Gasteiger partial charge on any atom is 0.325 e. The number of hydrogen-bond acceptors (Lipinski definition) is 4. The number of carbonyl (C=O) groups is 2.